The Morgan fingerprint density at radius 1 is 1.53 bits per heavy atom. The summed E-state index contributed by atoms with van der Waals surface area (Å²) in [5.74, 6) is -7.18. The first-order valence-electron chi connectivity index (χ1n) is 5.56. The van der Waals surface area contributed by atoms with Crippen LogP contribution in [0.1, 0.15) is 21.8 Å². The van der Waals surface area contributed by atoms with Crippen LogP contribution in [-0.4, -0.2) is 36.3 Å². The molecule has 8 heteroatoms. The van der Waals surface area contributed by atoms with Crippen LogP contribution >= 0.6 is 0 Å². The molecule has 1 heterocycles. The number of aromatic carboxylic acids is 1. The van der Waals surface area contributed by atoms with E-state index in [1.165, 1.54) is 19.2 Å². The number of carboxylic acid groups (broad SMARTS) is 1. The van der Waals surface area contributed by atoms with E-state index in [0.717, 1.165) is 0 Å². The van der Waals surface area contributed by atoms with Crippen LogP contribution in [0, 0.1) is 0 Å². The molecule has 1 aliphatic carbocycles. The molecule has 0 amide bonds. The number of fused-ring (bicyclic) bond motifs is 3. The molecular weight excluding hydrogens is 261 g/mol. The average molecular weight is 270 g/mol. The van der Waals surface area contributed by atoms with Crippen molar-refractivity contribution in [2.45, 2.75) is 17.7 Å². The Morgan fingerprint density at radius 2 is 2.21 bits per heavy atom. The number of rotatable bonds is 2. The SMILES string of the molecule is COc1ccc2c(c1C(=O)O)OB(O)C1C2C1(F)F. The first-order chi connectivity index (χ1) is 8.89. The summed E-state index contributed by atoms with van der Waals surface area (Å²) in [7, 11) is -0.445. The molecule has 2 atom stereocenters. The van der Waals surface area contributed by atoms with Gasteiger partial charge in [0.25, 0.3) is 5.92 Å². The quantitative estimate of drug-likeness (QED) is 0.794. The summed E-state index contributed by atoms with van der Waals surface area (Å²) >= 11 is 0. The predicted molar refractivity (Wildman–Crippen MR) is 60.0 cm³/mol. The van der Waals surface area contributed by atoms with E-state index in [4.69, 9.17) is 14.5 Å². The molecule has 5 nitrogen and oxygen atoms in total. The molecule has 19 heavy (non-hydrogen) atoms. The molecule has 1 aliphatic heterocycles. The standard InChI is InChI=1S/C11H9BF2O5/c1-18-5-3-2-4-7-9(11(7,13)14)12(17)19-8(4)6(5)10(15)16/h2-3,7,9,17H,1H3,(H,15,16). The second kappa shape index (κ2) is 3.60. The minimum Gasteiger partial charge on any atom is -0.535 e. The highest BCUT2D eigenvalue weighted by Crippen LogP contribution is 2.71. The van der Waals surface area contributed by atoms with E-state index in [0.29, 0.717) is 0 Å². The Hall–Kier alpha value is -1.83. The maximum absolute atomic E-state index is 13.5. The lowest BCUT2D eigenvalue weighted by Crippen LogP contribution is -2.28. The van der Waals surface area contributed by atoms with Crippen molar-refractivity contribution in [3.05, 3.63) is 23.3 Å². The Kier molecular flexibility index (Phi) is 2.31. The third kappa shape index (κ3) is 1.46. The topological polar surface area (TPSA) is 76.0 Å². The average Bonchev–Trinajstić information content (AvgIpc) is 2.92. The second-order valence-electron chi connectivity index (χ2n) is 4.55. The third-order valence-corrected chi connectivity index (χ3v) is 3.57. The zero-order valence-electron chi connectivity index (χ0n) is 9.76. The van der Waals surface area contributed by atoms with Crippen molar-refractivity contribution in [1.82, 2.24) is 0 Å². The van der Waals surface area contributed by atoms with Gasteiger partial charge in [-0.25, -0.2) is 13.6 Å². The summed E-state index contributed by atoms with van der Waals surface area (Å²) in [6, 6.07) is 2.67. The van der Waals surface area contributed by atoms with Crippen molar-refractivity contribution in [1.29, 1.82) is 0 Å². The summed E-state index contributed by atoms with van der Waals surface area (Å²) in [6.45, 7) is 0. The highest BCUT2D eigenvalue weighted by atomic mass is 19.3. The molecule has 1 saturated carbocycles. The summed E-state index contributed by atoms with van der Waals surface area (Å²) < 4.78 is 36.9. The van der Waals surface area contributed by atoms with Crippen LogP contribution in [0.15, 0.2) is 12.1 Å². The van der Waals surface area contributed by atoms with Crippen LogP contribution < -0.4 is 9.39 Å². The zero-order valence-corrected chi connectivity index (χ0v) is 9.76. The van der Waals surface area contributed by atoms with Gasteiger partial charge in [0.1, 0.15) is 17.1 Å². The fourth-order valence-electron chi connectivity index (χ4n) is 2.63. The normalized spacial score (nSPS) is 26.0. The van der Waals surface area contributed by atoms with Gasteiger partial charge in [0.2, 0.25) is 0 Å². The molecule has 100 valence electrons. The molecule has 3 rings (SSSR count). The van der Waals surface area contributed by atoms with Gasteiger partial charge in [-0.3, -0.25) is 0 Å². The van der Waals surface area contributed by atoms with Crippen molar-refractivity contribution >= 4 is 13.1 Å². The first-order valence-corrected chi connectivity index (χ1v) is 5.56. The lowest BCUT2D eigenvalue weighted by Gasteiger charge is -2.21. The largest absolute Gasteiger partial charge is 0.535 e. The summed E-state index contributed by atoms with van der Waals surface area (Å²) in [6.07, 6.45) is 0. The van der Waals surface area contributed by atoms with Gasteiger partial charge in [0.05, 0.1) is 18.8 Å². The number of ether oxygens (including phenoxy) is 1. The highest BCUT2D eigenvalue weighted by molar-refractivity contribution is 6.49. The molecule has 2 unspecified atom stereocenters. The number of methoxy groups -OCH3 is 1. The van der Waals surface area contributed by atoms with Crippen LogP contribution in [-0.2, 0) is 0 Å². The van der Waals surface area contributed by atoms with Crippen LogP contribution in [0.2, 0.25) is 5.82 Å². The van der Waals surface area contributed by atoms with Gasteiger partial charge >= 0.3 is 13.1 Å². The molecule has 1 fully saturated rings. The summed E-state index contributed by atoms with van der Waals surface area (Å²) in [4.78, 5) is 11.2. The molecule has 1 aromatic carbocycles. The fraction of sp³-hybridized carbons (Fsp3) is 0.364. The van der Waals surface area contributed by atoms with Gasteiger partial charge in [-0.05, 0) is 6.07 Å². The molecule has 0 aromatic heterocycles. The van der Waals surface area contributed by atoms with Crippen LogP contribution in [0.4, 0.5) is 8.78 Å². The van der Waals surface area contributed by atoms with Gasteiger partial charge in [0.15, 0.2) is 0 Å². The first kappa shape index (κ1) is 12.2. The van der Waals surface area contributed by atoms with Gasteiger partial charge in [-0.2, -0.15) is 0 Å². The molecule has 0 radical (unpaired) electrons. The fourth-order valence-corrected chi connectivity index (χ4v) is 2.63. The Labute approximate surface area is 106 Å². The minimum absolute atomic E-state index is 0.000802. The smallest absolute Gasteiger partial charge is 0.533 e. The Morgan fingerprint density at radius 3 is 2.79 bits per heavy atom. The van der Waals surface area contributed by atoms with Gasteiger partial charge in [0, 0.05) is 5.56 Å². The predicted octanol–water partition coefficient (Wildman–Crippen LogP) is 1.37. The number of hydrogen-bond donors (Lipinski definition) is 2. The van der Waals surface area contributed by atoms with Crippen LogP contribution in [0.3, 0.4) is 0 Å². The number of halogens is 2. The van der Waals surface area contributed by atoms with Crippen molar-refractivity contribution in [3.63, 3.8) is 0 Å². The lowest BCUT2D eigenvalue weighted by atomic mass is 9.77. The van der Waals surface area contributed by atoms with E-state index >= 15 is 0 Å². The molecule has 2 N–H and O–H groups in total. The zero-order chi connectivity index (χ0) is 13.9. The van der Waals surface area contributed by atoms with E-state index in [9.17, 15) is 18.6 Å². The molecule has 1 aromatic rings. The highest BCUT2D eigenvalue weighted by Gasteiger charge is 2.77. The van der Waals surface area contributed by atoms with Crippen molar-refractivity contribution < 1.29 is 33.1 Å². The maximum Gasteiger partial charge on any atom is 0.533 e. The molecule has 0 saturated heterocycles. The third-order valence-electron chi connectivity index (χ3n) is 3.57. The lowest BCUT2D eigenvalue weighted by molar-refractivity contribution is 0.0690. The number of carboxylic acids is 1. The van der Waals surface area contributed by atoms with E-state index in [2.05, 4.69) is 0 Å². The Bertz CT molecular complexity index is 576. The number of carbonyl (C=O) groups is 1. The van der Waals surface area contributed by atoms with E-state index in [1.807, 2.05) is 0 Å². The second-order valence-corrected chi connectivity index (χ2v) is 4.55. The van der Waals surface area contributed by atoms with Crippen LogP contribution in [0.25, 0.3) is 0 Å². The molecule has 0 spiro atoms. The number of benzene rings is 1. The van der Waals surface area contributed by atoms with Gasteiger partial charge < -0.3 is 19.5 Å². The van der Waals surface area contributed by atoms with Gasteiger partial charge in [-0.1, -0.05) is 6.07 Å². The number of alkyl halides is 2. The van der Waals surface area contributed by atoms with E-state index in [-0.39, 0.29) is 22.6 Å². The minimum atomic E-state index is -3.07. The number of hydrogen-bond acceptors (Lipinski definition) is 4. The van der Waals surface area contributed by atoms with Crippen LogP contribution in [0.5, 0.6) is 11.5 Å². The summed E-state index contributed by atoms with van der Waals surface area (Å²) in [5.41, 5.74) is -0.251. The van der Waals surface area contributed by atoms with Crippen molar-refractivity contribution in [3.8, 4) is 11.5 Å². The van der Waals surface area contributed by atoms with E-state index < -0.39 is 30.7 Å². The molecule has 2 aliphatic rings. The molecular formula is C11H9BF2O5. The van der Waals surface area contributed by atoms with E-state index in [1.54, 1.807) is 0 Å². The maximum atomic E-state index is 13.5. The van der Waals surface area contributed by atoms with Gasteiger partial charge in [-0.15, -0.1) is 0 Å². The van der Waals surface area contributed by atoms with Crippen molar-refractivity contribution in [2.75, 3.05) is 7.11 Å². The van der Waals surface area contributed by atoms with Crippen molar-refractivity contribution in [2.24, 2.45) is 0 Å². The monoisotopic (exact) mass is 270 g/mol. The summed E-state index contributed by atoms with van der Waals surface area (Å²) in [5, 5.41) is 18.7. The molecule has 0 bridgehead atoms. The Balaban J connectivity index is 2.19.